The van der Waals surface area contributed by atoms with Crippen LogP contribution < -0.4 is 9.18 Å². The van der Waals surface area contributed by atoms with Crippen molar-refractivity contribution in [1.29, 1.82) is 0 Å². The third-order valence-electron chi connectivity index (χ3n) is 3.39. The molecule has 0 saturated heterocycles. The van der Waals surface area contributed by atoms with Gasteiger partial charge in [-0.15, -0.1) is 0 Å². The summed E-state index contributed by atoms with van der Waals surface area (Å²) < 4.78 is 3.98. The first-order chi connectivity index (χ1) is 11.7. The Balaban J connectivity index is 1.84. The van der Waals surface area contributed by atoms with Crippen LogP contribution in [0.3, 0.4) is 0 Å². The molecule has 0 aliphatic rings. The molecule has 0 aromatic carbocycles. The Hall–Kier alpha value is -2.27. The fourth-order valence-electron chi connectivity index (χ4n) is 2.42. The first-order valence-corrected chi connectivity index (χ1v) is 9.37. The zero-order valence-corrected chi connectivity index (χ0v) is 15.2. The Morgan fingerprint density at radius 3 is 2.71 bits per heavy atom. The van der Waals surface area contributed by atoms with E-state index in [1.807, 2.05) is 49.5 Å². The van der Waals surface area contributed by atoms with Gasteiger partial charge in [0, 0.05) is 0 Å². The van der Waals surface area contributed by atoms with Crippen molar-refractivity contribution < 1.29 is 0 Å². The summed E-state index contributed by atoms with van der Waals surface area (Å²) in [6, 6.07) is 13.7. The van der Waals surface area contributed by atoms with Crippen molar-refractivity contribution in [3.8, 4) is 11.5 Å². The van der Waals surface area contributed by atoms with E-state index in [0.717, 1.165) is 26.2 Å². The maximum atomic E-state index is 6.06. The van der Waals surface area contributed by atoms with Crippen molar-refractivity contribution in [1.82, 2.24) is 24.3 Å². The summed E-state index contributed by atoms with van der Waals surface area (Å²) in [5.74, 6) is 1.51. The van der Waals surface area contributed by atoms with Crippen molar-refractivity contribution in [2.75, 3.05) is 0 Å². The molecule has 0 atom stereocenters. The van der Waals surface area contributed by atoms with E-state index in [-0.39, 0.29) is 15.0 Å². The number of pyridine rings is 2. The van der Waals surface area contributed by atoms with Crippen LogP contribution >= 0.6 is 11.6 Å². The fourth-order valence-corrected chi connectivity index (χ4v) is 4.78. The normalized spacial score (nSPS) is 11.1. The molecule has 0 bridgehead atoms. The van der Waals surface area contributed by atoms with Crippen molar-refractivity contribution in [2.45, 2.75) is 6.92 Å². The molecule has 0 unspecified atom stereocenters. The molecule has 0 saturated carbocycles. The van der Waals surface area contributed by atoms with Crippen LogP contribution in [-0.4, -0.2) is 39.3 Å². The molecule has 0 fully saturated rings. The first-order valence-electron chi connectivity index (χ1n) is 7.28. The zero-order chi connectivity index (χ0) is 16.5. The van der Waals surface area contributed by atoms with E-state index in [2.05, 4.69) is 25.4 Å². The minimum absolute atomic E-state index is 0.0724. The Morgan fingerprint density at radius 1 is 1.04 bits per heavy atom. The topological polar surface area (TPSA) is 56.0 Å². The molecular weight excluding hydrogens is 389 g/mol. The van der Waals surface area contributed by atoms with Gasteiger partial charge in [-0.05, 0) is 0 Å². The number of hydrogen-bond acceptors (Lipinski definition) is 4. The molecule has 0 radical (unpaired) electrons. The second-order valence-electron chi connectivity index (χ2n) is 5.09. The molecule has 0 aliphatic heterocycles. The number of halogens is 1. The number of imidazole rings is 1. The van der Waals surface area contributed by atoms with E-state index in [9.17, 15) is 0 Å². The molecule has 4 aromatic heterocycles. The predicted octanol–water partition coefficient (Wildman–Crippen LogP) is 1.80. The van der Waals surface area contributed by atoms with Gasteiger partial charge < -0.3 is 0 Å². The van der Waals surface area contributed by atoms with Crippen LogP contribution in [0.5, 0.6) is 0 Å². The number of aromatic nitrogens is 5. The van der Waals surface area contributed by atoms with Gasteiger partial charge in [0.05, 0.1) is 0 Å². The van der Waals surface area contributed by atoms with Gasteiger partial charge in [-0.25, -0.2) is 0 Å². The van der Waals surface area contributed by atoms with E-state index >= 15 is 0 Å². The molecule has 4 aromatic rings. The van der Waals surface area contributed by atoms with E-state index < -0.39 is 0 Å². The number of nitrogens with zero attached hydrogens (tertiary/aromatic N) is 5. The van der Waals surface area contributed by atoms with Gasteiger partial charge in [0.2, 0.25) is 0 Å². The Kier molecular flexibility index (Phi) is 4.02. The molecule has 0 N–H and O–H groups in total. The predicted molar refractivity (Wildman–Crippen MR) is 95.2 cm³/mol. The SMILES string of the molecule is Cc1nc(Cl)cc([Se]c2nc(-c3ccccn3)n3ccccc23)n1. The average Bonchev–Trinajstić information content (AvgIpc) is 2.94. The number of hydrogen-bond donors (Lipinski definition) is 0. The first kappa shape index (κ1) is 15.3. The van der Waals surface area contributed by atoms with Gasteiger partial charge >= 0.3 is 150 Å². The van der Waals surface area contributed by atoms with Crippen LogP contribution in [0.2, 0.25) is 5.15 Å². The second kappa shape index (κ2) is 6.32. The second-order valence-corrected chi connectivity index (χ2v) is 7.59. The molecule has 118 valence electrons. The molecule has 0 spiro atoms. The van der Waals surface area contributed by atoms with E-state index in [1.54, 1.807) is 6.20 Å². The number of aryl methyl sites for hydroxylation is 1. The minimum atomic E-state index is -0.0724. The van der Waals surface area contributed by atoms with Crippen molar-refractivity contribution >= 4 is 41.3 Å². The van der Waals surface area contributed by atoms with Gasteiger partial charge in [0.25, 0.3) is 0 Å². The van der Waals surface area contributed by atoms with Crippen molar-refractivity contribution in [2.24, 2.45) is 0 Å². The summed E-state index contributed by atoms with van der Waals surface area (Å²) in [4.78, 5) is 17.9. The van der Waals surface area contributed by atoms with Gasteiger partial charge in [0.1, 0.15) is 0 Å². The monoisotopic (exact) mass is 401 g/mol. The molecular formula is C17H12ClN5Se. The number of rotatable bonds is 3. The van der Waals surface area contributed by atoms with Gasteiger partial charge in [-0.2, -0.15) is 0 Å². The van der Waals surface area contributed by atoms with Gasteiger partial charge in [-0.1, -0.05) is 0 Å². The summed E-state index contributed by atoms with van der Waals surface area (Å²) >= 11 is 5.99. The van der Waals surface area contributed by atoms with E-state index in [4.69, 9.17) is 16.6 Å². The fraction of sp³-hybridized carbons (Fsp3) is 0.0588. The van der Waals surface area contributed by atoms with Gasteiger partial charge in [0.15, 0.2) is 0 Å². The van der Waals surface area contributed by atoms with E-state index in [1.165, 1.54) is 0 Å². The van der Waals surface area contributed by atoms with Crippen LogP contribution in [0.25, 0.3) is 17.0 Å². The quantitative estimate of drug-likeness (QED) is 0.389. The molecule has 0 aliphatic carbocycles. The zero-order valence-electron chi connectivity index (χ0n) is 12.7. The molecule has 0 amide bonds. The van der Waals surface area contributed by atoms with Crippen LogP contribution in [0.4, 0.5) is 0 Å². The summed E-state index contributed by atoms with van der Waals surface area (Å²) in [5, 5.41) is 0.466. The average molecular weight is 401 g/mol. The van der Waals surface area contributed by atoms with Crippen LogP contribution in [0.15, 0.2) is 54.9 Å². The molecule has 7 heteroatoms. The third kappa shape index (κ3) is 2.91. The van der Waals surface area contributed by atoms with E-state index in [0.29, 0.717) is 11.0 Å². The molecule has 4 heterocycles. The van der Waals surface area contributed by atoms with Gasteiger partial charge in [-0.3, -0.25) is 0 Å². The molecule has 24 heavy (non-hydrogen) atoms. The van der Waals surface area contributed by atoms with Crippen LogP contribution in [-0.2, 0) is 0 Å². The van der Waals surface area contributed by atoms with Crippen LogP contribution in [0, 0.1) is 6.92 Å². The Morgan fingerprint density at radius 2 is 1.92 bits per heavy atom. The number of fused-ring (bicyclic) bond motifs is 1. The summed E-state index contributed by atoms with van der Waals surface area (Å²) in [7, 11) is 0. The summed E-state index contributed by atoms with van der Waals surface area (Å²) in [6.45, 7) is 1.84. The molecule has 4 rings (SSSR count). The van der Waals surface area contributed by atoms with Crippen LogP contribution in [0.1, 0.15) is 5.82 Å². The van der Waals surface area contributed by atoms with Crippen molar-refractivity contribution in [3.63, 3.8) is 0 Å². The summed E-state index contributed by atoms with van der Waals surface area (Å²) in [6.07, 6.45) is 3.78. The Labute approximate surface area is 149 Å². The third-order valence-corrected chi connectivity index (χ3v) is 5.50. The summed E-state index contributed by atoms with van der Waals surface area (Å²) in [5.41, 5.74) is 1.91. The van der Waals surface area contributed by atoms with Crippen molar-refractivity contribution in [3.05, 3.63) is 65.8 Å². The standard InChI is InChI=1S/C17H12ClN5Se/c1-11-20-14(18)10-15(21-11)24-17-13-7-3-5-9-23(13)16(22-17)12-6-2-4-8-19-12/h2-10H,1H3. The molecule has 5 nitrogen and oxygen atoms in total. The Bertz CT molecular complexity index is 996. The maximum absolute atomic E-state index is 6.06.